The molecule has 1 fully saturated rings. The van der Waals surface area contributed by atoms with E-state index in [0.717, 1.165) is 36.0 Å². The van der Waals surface area contributed by atoms with Crippen LogP contribution in [0.1, 0.15) is 49.4 Å². The van der Waals surface area contributed by atoms with Gasteiger partial charge in [0.05, 0.1) is 24.2 Å². The van der Waals surface area contributed by atoms with Gasteiger partial charge in [-0.25, -0.2) is 4.39 Å². The van der Waals surface area contributed by atoms with Gasteiger partial charge in [0, 0.05) is 30.1 Å². The van der Waals surface area contributed by atoms with E-state index in [1.54, 1.807) is 19.4 Å². The Morgan fingerprint density at radius 1 is 1.24 bits per heavy atom. The molecule has 1 aliphatic rings. The minimum absolute atomic E-state index is 0.119. The zero-order valence-corrected chi connectivity index (χ0v) is 21.8. The van der Waals surface area contributed by atoms with Crippen LogP contribution in [0.4, 0.5) is 4.39 Å². The Morgan fingerprint density at radius 2 is 2.08 bits per heavy atom. The van der Waals surface area contributed by atoms with Crippen LogP contribution in [0, 0.1) is 23.7 Å². The number of aromatic nitrogens is 1. The van der Waals surface area contributed by atoms with Gasteiger partial charge >= 0.3 is 5.97 Å². The average Bonchev–Trinajstić information content (AvgIpc) is 2.91. The number of nitrogens with zero attached hydrogens (tertiary/aromatic N) is 2. The molecular formula is C30H32ClFN2O3. The zero-order valence-electron chi connectivity index (χ0n) is 21.0. The lowest BCUT2D eigenvalue weighted by Gasteiger charge is -2.38. The molecule has 7 heteroatoms. The molecule has 0 saturated carbocycles. The third-order valence-corrected chi connectivity index (χ3v) is 7.54. The van der Waals surface area contributed by atoms with Crippen molar-refractivity contribution in [3.05, 3.63) is 70.9 Å². The Hall–Kier alpha value is -3.14. The third-order valence-electron chi connectivity index (χ3n) is 7.21. The maximum Gasteiger partial charge on any atom is 0.303 e. The van der Waals surface area contributed by atoms with Crippen molar-refractivity contribution >= 4 is 28.5 Å². The quantitative estimate of drug-likeness (QED) is 0.323. The molecule has 3 atom stereocenters. The number of fused-ring (bicyclic) bond motifs is 1. The highest BCUT2D eigenvalue weighted by Crippen LogP contribution is 2.36. The van der Waals surface area contributed by atoms with Crippen LogP contribution in [-0.2, 0) is 4.79 Å². The summed E-state index contributed by atoms with van der Waals surface area (Å²) in [5.41, 5.74) is 2.17. The standard InChI is InChI=1S/C30H32ClFN2O3/c1-37-24-10-12-29-26(19-24)25(14-16-33-29)28(32)11-8-21-15-18-34(20-23(21)9-13-30(35)36)17-4-6-22-5-2-3-7-27(22)31/h2-3,5,7,10,12,14,16,19,21,23,28H,8-9,11,13,15,17-18,20H2,1H3,(H,35,36)/t21-,23-,28-/m1/s1. The lowest BCUT2D eigenvalue weighted by atomic mass is 9.79. The molecule has 0 amide bonds. The molecule has 0 spiro atoms. The number of ether oxygens (including phenoxy) is 1. The van der Waals surface area contributed by atoms with Crippen LogP contribution in [0.2, 0.25) is 5.02 Å². The molecule has 5 nitrogen and oxygen atoms in total. The summed E-state index contributed by atoms with van der Waals surface area (Å²) in [4.78, 5) is 17.9. The Morgan fingerprint density at radius 3 is 2.86 bits per heavy atom. The van der Waals surface area contributed by atoms with Crippen LogP contribution in [0.5, 0.6) is 5.75 Å². The topological polar surface area (TPSA) is 62.7 Å². The van der Waals surface area contributed by atoms with E-state index in [9.17, 15) is 9.90 Å². The molecule has 0 unspecified atom stereocenters. The van der Waals surface area contributed by atoms with Crippen LogP contribution in [-0.4, -0.2) is 47.7 Å². The second-order valence-corrected chi connectivity index (χ2v) is 9.99. The molecule has 3 aromatic rings. The van der Waals surface area contributed by atoms with Crippen molar-refractivity contribution < 1.29 is 19.0 Å². The van der Waals surface area contributed by atoms with Gasteiger partial charge in [0.25, 0.3) is 0 Å². The Labute approximate surface area is 222 Å². The number of alkyl halides is 1. The van der Waals surface area contributed by atoms with Crippen molar-refractivity contribution in [1.29, 1.82) is 0 Å². The number of likely N-dealkylation sites (tertiary alicyclic amines) is 1. The van der Waals surface area contributed by atoms with Crippen LogP contribution in [0.15, 0.2) is 54.7 Å². The van der Waals surface area contributed by atoms with Gasteiger partial charge < -0.3 is 9.84 Å². The molecule has 194 valence electrons. The maximum atomic E-state index is 15.5. The summed E-state index contributed by atoms with van der Waals surface area (Å²) >= 11 is 6.20. The smallest absolute Gasteiger partial charge is 0.303 e. The molecule has 0 radical (unpaired) electrons. The van der Waals surface area contributed by atoms with Gasteiger partial charge in [0.15, 0.2) is 0 Å². The predicted molar refractivity (Wildman–Crippen MR) is 145 cm³/mol. The van der Waals surface area contributed by atoms with Crippen LogP contribution >= 0.6 is 11.6 Å². The number of carboxylic acid groups (broad SMARTS) is 1. The normalized spacial score (nSPS) is 18.7. The van der Waals surface area contributed by atoms with E-state index in [-0.39, 0.29) is 18.3 Å². The molecule has 2 heterocycles. The maximum absolute atomic E-state index is 15.5. The molecular weight excluding hydrogens is 491 g/mol. The van der Waals surface area contributed by atoms with E-state index in [1.165, 1.54) is 0 Å². The number of methoxy groups -OCH3 is 1. The molecule has 4 rings (SSSR count). The zero-order chi connectivity index (χ0) is 26.2. The van der Waals surface area contributed by atoms with Crippen LogP contribution in [0.3, 0.4) is 0 Å². The number of piperidine rings is 1. The van der Waals surface area contributed by atoms with Crippen LogP contribution < -0.4 is 4.74 Å². The summed E-state index contributed by atoms with van der Waals surface area (Å²) in [5.74, 6) is 6.68. The van der Waals surface area contributed by atoms with E-state index in [1.807, 2.05) is 42.5 Å². The number of benzene rings is 2. The molecule has 1 aliphatic heterocycles. The number of hydrogen-bond acceptors (Lipinski definition) is 4. The first kappa shape index (κ1) is 26.9. The van der Waals surface area contributed by atoms with Crippen molar-refractivity contribution in [3.63, 3.8) is 0 Å². The molecule has 37 heavy (non-hydrogen) atoms. The van der Waals surface area contributed by atoms with E-state index in [4.69, 9.17) is 16.3 Å². The molecule has 2 aromatic carbocycles. The lowest BCUT2D eigenvalue weighted by molar-refractivity contribution is -0.137. The number of rotatable bonds is 9. The second-order valence-electron chi connectivity index (χ2n) is 9.59. The Kier molecular flexibility index (Phi) is 9.38. The second kappa shape index (κ2) is 12.9. The first-order valence-electron chi connectivity index (χ1n) is 12.7. The summed E-state index contributed by atoms with van der Waals surface area (Å²) in [7, 11) is 1.59. The minimum atomic E-state index is -1.13. The number of aliphatic carboxylic acids is 1. The number of hydrogen-bond donors (Lipinski definition) is 1. The Bertz CT molecular complexity index is 1290. The average molecular weight is 523 g/mol. The first-order chi connectivity index (χ1) is 17.9. The summed E-state index contributed by atoms with van der Waals surface area (Å²) in [6.45, 7) is 2.22. The highest BCUT2D eigenvalue weighted by atomic mass is 35.5. The summed E-state index contributed by atoms with van der Waals surface area (Å²) in [6.07, 6.45) is 3.21. The van der Waals surface area contributed by atoms with Gasteiger partial charge in [-0.3, -0.25) is 14.7 Å². The molecule has 1 N–H and O–H groups in total. The molecule has 0 bridgehead atoms. The number of carboxylic acids is 1. The summed E-state index contributed by atoms with van der Waals surface area (Å²) < 4.78 is 20.9. The van der Waals surface area contributed by atoms with Gasteiger partial charge in [-0.05, 0) is 86.0 Å². The van der Waals surface area contributed by atoms with Gasteiger partial charge in [-0.1, -0.05) is 35.6 Å². The SMILES string of the molecule is COc1ccc2nccc([C@H](F)CC[C@@H]3CCN(CC#Cc4ccccc4Cl)C[C@H]3CCC(=O)O)c2c1. The van der Waals surface area contributed by atoms with Crippen molar-refractivity contribution in [2.75, 3.05) is 26.7 Å². The summed E-state index contributed by atoms with van der Waals surface area (Å²) in [5, 5.41) is 10.7. The van der Waals surface area contributed by atoms with Crippen molar-refractivity contribution in [2.24, 2.45) is 11.8 Å². The van der Waals surface area contributed by atoms with E-state index < -0.39 is 12.1 Å². The van der Waals surface area contributed by atoms with Gasteiger partial charge in [0.1, 0.15) is 11.9 Å². The number of pyridine rings is 1. The Balaban J connectivity index is 1.40. The van der Waals surface area contributed by atoms with Gasteiger partial charge in [0.2, 0.25) is 0 Å². The molecule has 1 aromatic heterocycles. The number of halogens is 2. The fourth-order valence-corrected chi connectivity index (χ4v) is 5.37. The van der Waals surface area contributed by atoms with Crippen molar-refractivity contribution in [2.45, 2.75) is 38.3 Å². The molecule has 1 saturated heterocycles. The lowest BCUT2D eigenvalue weighted by Crippen LogP contribution is -2.41. The molecule has 0 aliphatic carbocycles. The highest BCUT2D eigenvalue weighted by Gasteiger charge is 2.30. The fourth-order valence-electron chi connectivity index (χ4n) is 5.19. The largest absolute Gasteiger partial charge is 0.497 e. The van der Waals surface area contributed by atoms with E-state index >= 15 is 4.39 Å². The van der Waals surface area contributed by atoms with Crippen molar-refractivity contribution in [1.82, 2.24) is 9.88 Å². The van der Waals surface area contributed by atoms with E-state index in [0.29, 0.717) is 42.1 Å². The minimum Gasteiger partial charge on any atom is -0.497 e. The van der Waals surface area contributed by atoms with Crippen molar-refractivity contribution in [3.8, 4) is 17.6 Å². The first-order valence-corrected chi connectivity index (χ1v) is 13.1. The predicted octanol–water partition coefficient (Wildman–Crippen LogP) is 6.54. The van der Waals surface area contributed by atoms with E-state index in [2.05, 4.69) is 21.7 Å². The summed E-state index contributed by atoms with van der Waals surface area (Å²) in [6, 6.07) is 14.8. The third kappa shape index (κ3) is 7.21. The highest BCUT2D eigenvalue weighted by molar-refractivity contribution is 6.31. The van der Waals surface area contributed by atoms with Gasteiger partial charge in [-0.2, -0.15) is 0 Å². The van der Waals surface area contributed by atoms with Crippen LogP contribution in [0.25, 0.3) is 10.9 Å². The van der Waals surface area contributed by atoms with Gasteiger partial charge in [-0.15, -0.1) is 0 Å². The number of carbonyl (C=O) groups is 1. The monoisotopic (exact) mass is 522 g/mol. The fraction of sp³-hybridized carbons (Fsp3) is 0.400.